The molecule has 0 saturated carbocycles. The predicted molar refractivity (Wildman–Crippen MR) is 88.1 cm³/mol. The Balaban J connectivity index is 2.22. The number of sulfonamides is 1. The molecule has 0 saturated heterocycles. The predicted octanol–water partition coefficient (Wildman–Crippen LogP) is 3.34. The zero-order chi connectivity index (χ0) is 15.5. The number of H-pyrrole nitrogens is 1. The molecule has 2 aromatic rings. The fraction of sp³-hybridized carbons (Fsp3) is 0.231. The van der Waals surface area contributed by atoms with Gasteiger partial charge in [-0.3, -0.25) is 4.72 Å². The molecule has 1 aromatic carbocycles. The molecule has 0 radical (unpaired) electrons. The Labute approximate surface area is 137 Å². The van der Waals surface area contributed by atoms with Crippen LogP contribution in [0.4, 0.5) is 5.69 Å². The molecule has 0 unspecified atom stereocenters. The summed E-state index contributed by atoms with van der Waals surface area (Å²) in [6, 6.07) is 6.59. The first-order valence-electron chi connectivity index (χ1n) is 6.29. The summed E-state index contributed by atoms with van der Waals surface area (Å²) in [5.74, 6) is 0. The number of nitrogens with one attached hydrogen (secondary N) is 3. The molecule has 0 atom stereocenters. The van der Waals surface area contributed by atoms with Crippen molar-refractivity contribution in [2.24, 2.45) is 0 Å². The molecule has 8 heteroatoms. The zero-order valence-electron chi connectivity index (χ0n) is 11.3. The minimum Gasteiger partial charge on any atom is -0.363 e. The second kappa shape index (κ2) is 6.83. The van der Waals surface area contributed by atoms with Crippen LogP contribution in [0.15, 0.2) is 39.8 Å². The summed E-state index contributed by atoms with van der Waals surface area (Å²) >= 11 is 9.22. The topological polar surface area (TPSA) is 74.0 Å². The van der Waals surface area contributed by atoms with Gasteiger partial charge in [0.1, 0.15) is 4.90 Å². The lowest BCUT2D eigenvalue weighted by Crippen LogP contribution is -2.13. The van der Waals surface area contributed by atoms with E-state index >= 15 is 0 Å². The maximum Gasteiger partial charge on any atom is 0.263 e. The molecule has 0 aliphatic carbocycles. The first-order valence-corrected chi connectivity index (χ1v) is 8.94. The summed E-state index contributed by atoms with van der Waals surface area (Å²) < 4.78 is 27.7. The summed E-state index contributed by atoms with van der Waals surface area (Å²) in [4.78, 5) is 3.12. The van der Waals surface area contributed by atoms with E-state index < -0.39 is 10.0 Å². The molecular formula is C13H15BrClN3O2S. The second-order valence-electron chi connectivity index (χ2n) is 4.35. The third-order valence-corrected chi connectivity index (χ3v) is 5.53. The van der Waals surface area contributed by atoms with Gasteiger partial charge in [0.2, 0.25) is 0 Å². The summed E-state index contributed by atoms with van der Waals surface area (Å²) in [5, 5.41) is 3.57. The summed E-state index contributed by atoms with van der Waals surface area (Å²) in [6.45, 7) is 3.39. The molecule has 5 nitrogen and oxygen atoms in total. The van der Waals surface area contributed by atoms with Crippen LogP contribution in [0.5, 0.6) is 0 Å². The Bertz CT molecular complexity index is 731. The first-order chi connectivity index (χ1) is 9.94. The maximum atomic E-state index is 12.3. The van der Waals surface area contributed by atoms with Gasteiger partial charge < -0.3 is 10.3 Å². The molecular weight excluding hydrogens is 378 g/mol. The van der Waals surface area contributed by atoms with Crippen molar-refractivity contribution >= 4 is 43.2 Å². The summed E-state index contributed by atoms with van der Waals surface area (Å²) in [5.41, 5.74) is 1.21. The SMILES string of the molecule is CCNCc1cc(S(=O)(=O)Nc2cccc(Cl)c2Br)c[nH]1. The van der Waals surface area contributed by atoms with E-state index in [1.165, 1.54) is 6.20 Å². The van der Waals surface area contributed by atoms with E-state index in [9.17, 15) is 8.42 Å². The van der Waals surface area contributed by atoms with Crippen molar-refractivity contribution in [3.63, 3.8) is 0 Å². The number of aromatic nitrogens is 1. The highest BCUT2D eigenvalue weighted by molar-refractivity contribution is 9.10. The minimum absolute atomic E-state index is 0.183. The Morgan fingerprint density at radius 2 is 2.14 bits per heavy atom. The van der Waals surface area contributed by atoms with Crippen molar-refractivity contribution in [2.75, 3.05) is 11.3 Å². The molecule has 0 amide bonds. The van der Waals surface area contributed by atoms with Gasteiger partial charge in [0.25, 0.3) is 10.0 Å². The average Bonchev–Trinajstić information content (AvgIpc) is 2.91. The molecule has 0 fully saturated rings. The monoisotopic (exact) mass is 391 g/mol. The van der Waals surface area contributed by atoms with Crippen LogP contribution in [0.25, 0.3) is 0 Å². The van der Waals surface area contributed by atoms with Gasteiger partial charge >= 0.3 is 0 Å². The van der Waals surface area contributed by atoms with Crippen LogP contribution in [-0.2, 0) is 16.6 Å². The fourth-order valence-electron chi connectivity index (χ4n) is 1.72. The molecule has 0 spiro atoms. The van der Waals surface area contributed by atoms with Crippen molar-refractivity contribution in [3.05, 3.63) is 45.7 Å². The van der Waals surface area contributed by atoms with Crippen molar-refractivity contribution in [1.29, 1.82) is 0 Å². The Hall–Kier alpha value is -1.02. The van der Waals surface area contributed by atoms with E-state index in [-0.39, 0.29) is 4.90 Å². The quantitative estimate of drug-likeness (QED) is 0.706. The van der Waals surface area contributed by atoms with Gasteiger partial charge in [0, 0.05) is 18.4 Å². The number of anilines is 1. The third kappa shape index (κ3) is 4.00. The number of hydrogen-bond acceptors (Lipinski definition) is 3. The maximum absolute atomic E-state index is 12.3. The van der Waals surface area contributed by atoms with E-state index in [1.807, 2.05) is 6.92 Å². The van der Waals surface area contributed by atoms with Crippen LogP contribution in [0.2, 0.25) is 5.02 Å². The normalized spacial score (nSPS) is 11.6. The molecule has 3 N–H and O–H groups in total. The number of aromatic amines is 1. The first kappa shape index (κ1) is 16.4. The van der Waals surface area contributed by atoms with Crippen LogP contribution in [0.3, 0.4) is 0 Å². The molecule has 1 aromatic heterocycles. The van der Waals surface area contributed by atoms with E-state index in [4.69, 9.17) is 11.6 Å². The van der Waals surface area contributed by atoms with Crippen molar-refractivity contribution in [1.82, 2.24) is 10.3 Å². The molecule has 1 heterocycles. The van der Waals surface area contributed by atoms with Crippen LogP contribution in [0.1, 0.15) is 12.6 Å². The van der Waals surface area contributed by atoms with E-state index in [0.29, 0.717) is 21.7 Å². The molecule has 114 valence electrons. The van der Waals surface area contributed by atoms with Crippen LogP contribution >= 0.6 is 27.5 Å². The van der Waals surface area contributed by atoms with E-state index in [0.717, 1.165) is 12.2 Å². The van der Waals surface area contributed by atoms with Crippen LogP contribution < -0.4 is 10.0 Å². The Kier molecular flexibility index (Phi) is 5.32. The number of halogens is 2. The molecule has 2 rings (SSSR count). The van der Waals surface area contributed by atoms with Crippen molar-refractivity contribution in [2.45, 2.75) is 18.4 Å². The fourth-order valence-corrected chi connectivity index (χ4v) is 3.48. The Morgan fingerprint density at radius 1 is 1.38 bits per heavy atom. The highest BCUT2D eigenvalue weighted by Gasteiger charge is 2.18. The van der Waals surface area contributed by atoms with Gasteiger partial charge in [0.15, 0.2) is 0 Å². The lowest BCUT2D eigenvalue weighted by molar-refractivity contribution is 0.601. The van der Waals surface area contributed by atoms with Gasteiger partial charge in [-0.05, 0) is 40.7 Å². The summed E-state index contributed by atoms with van der Waals surface area (Å²) in [6.07, 6.45) is 1.47. The lowest BCUT2D eigenvalue weighted by atomic mass is 10.3. The van der Waals surface area contributed by atoms with Crippen LogP contribution in [0, 0.1) is 0 Å². The van der Waals surface area contributed by atoms with Gasteiger partial charge in [-0.25, -0.2) is 8.42 Å². The standard InChI is InChI=1S/C13H15BrClN3O2S/c1-2-16-7-9-6-10(8-17-9)21(19,20)18-12-5-3-4-11(15)13(12)14/h3-6,8,16-18H,2,7H2,1H3. The second-order valence-corrected chi connectivity index (χ2v) is 7.23. The zero-order valence-corrected chi connectivity index (χ0v) is 14.4. The highest BCUT2D eigenvalue weighted by Crippen LogP contribution is 2.31. The van der Waals surface area contributed by atoms with Gasteiger partial charge in [0.05, 0.1) is 15.2 Å². The van der Waals surface area contributed by atoms with Gasteiger partial charge in [-0.15, -0.1) is 0 Å². The van der Waals surface area contributed by atoms with E-state index in [1.54, 1.807) is 24.3 Å². The van der Waals surface area contributed by atoms with Gasteiger partial charge in [-0.1, -0.05) is 24.6 Å². The Morgan fingerprint density at radius 3 is 2.86 bits per heavy atom. The van der Waals surface area contributed by atoms with Gasteiger partial charge in [-0.2, -0.15) is 0 Å². The molecule has 0 aliphatic heterocycles. The molecule has 0 bridgehead atoms. The summed E-state index contributed by atoms with van der Waals surface area (Å²) in [7, 11) is -3.65. The third-order valence-electron chi connectivity index (χ3n) is 2.79. The number of benzene rings is 1. The van der Waals surface area contributed by atoms with Crippen molar-refractivity contribution < 1.29 is 8.42 Å². The number of rotatable bonds is 6. The molecule has 0 aliphatic rings. The minimum atomic E-state index is -3.65. The molecule has 21 heavy (non-hydrogen) atoms. The largest absolute Gasteiger partial charge is 0.363 e. The smallest absolute Gasteiger partial charge is 0.263 e. The van der Waals surface area contributed by atoms with Crippen LogP contribution in [-0.4, -0.2) is 19.9 Å². The highest BCUT2D eigenvalue weighted by atomic mass is 79.9. The van der Waals surface area contributed by atoms with Crippen molar-refractivity contribution in [3.8, 4) is 0 Å². The average molecular weight is 393 g/mol. The lowest BCUT2D eigenvalue weighted by Gasteiger charge is -2.09. The number of hydrogen-bond donors (Lipinski definition) is 3. The van der Waals surface area contributed by atoms with E-state index in [2.05, 4.69) is 31.0 Å².